The van der Waals surface area contributed by atoms with Crippen LogP contribution in [0.15, 0.2) is 42.6 Å². The number of hydrogen-bond acceptors (Lipinski definition) is 7. The van der Waals surface area contributed by atoms with Crippen molar-refractivity contribution in [2.24, 2.45) is 5.73 Å². The first-order valence-electron chi connectivity index (χ1n) is 8.19. The molecular weight excluding hydrogens is 352 g/mol. The molecule has 1 unspecified atom stereocenters. The van der Waals surface area contributed by atoms with Gasteiger partial charge in [0, 0.05) is 25.8 Å². The minimum Gasteiger partial charge on any atom is -0.503 e. The maximum Gasteiger partial charge on any atom is 0.305 e. The highest BCUT2D eigenvalue weighted by Crippen LogP contribution is 2.26. The predicted molar refractivity (Wildman–Crippen MR) is 98.4 cm³/mol. The number of aromatic hydroxyl groups is 1. The Morgan fingerprint density at radius 1 is 1.19 bits per heavy atom. The topological polar surface area (TPSA) is 121 Å². The second-order valence-corrected chi connectivity index (χ2v) is 5.25. The molecule has 1 aromatic carbocycles. The van der Waals surface area contributed by atoms with Crippen LogP contribution in [0, 0.1) is 0 Å². The van der Waals surface area contributed by atoms with Gasteiger partial charge in [0.25, 0.3) is 5.91 Å². The number of amides is 1. The summed E-state index contributed by atoms with van der Waals surface area (Å²) in [7, 11) is 2.98. The summed E-state index contributed by atoms with van der Waals surface area (Å²) in [6.45, 7) is 2.04. The van der Waals surface area contributed by atoms with Crippen LogP contribution < -0.4 is 10.5 Å². The number of methoxy groups -OCH3 is 2. The molecule has 0 aliphatic heterocycles. The van der Waals surface area contributed by atoms with E-state index in [9.17, 15) is 14.7 Å². The fourth-order valence-corrected chi connectivity index (χ4v) is 2.02. The lowest BCUT2D eigenvalue weighted by molar-refractivity contribution is -0.147. The molecule has 1 heterocycles. The van der Waals surface area contributed by atoms with Gasteiger partial charge in [-0.2, -0.15) is 0 Å². The summed E-state index contributed by atoms with van der Waals surface area (Å²) in [4.78, 5) is 25.2. The Morgan fingerprint density at radius 3 is 2.37 bits per heavy atom. The Kier molecular flexibility index (Phi) is 9.32. The van der Waals surface area contributed by atoms with E-state index in [-0.39, 0.29) is 35.9 Å². The van der Waals surface area contributed by atoms with Crippen molar-refractivity contribution in [1.82, 2.24) is 4.98 Å². The maximum atomic E-state index is 11.0. The molecule has 0 saturated carbocycles. The minimum absolute atomic E-state index is 0.179. The summed E-state index contributed by atoms with van der Waals surface area (Å²) in [5.41, 5.74) is 5.75. The van der Waals surface area contributed by atoms with E-state index in [0.29, 0.717) is 6.42 Å². The van der Waals surface area contributed by atoms with E-state index in [4.69, 9.17) is 19.9 Å². The van der Waals surface area contributed by atoms with Gasteiger partial charge in [-0.1, -0.05) is 37.3 Å². The first-order chi connectivity index (χ1) is 12.9. The molecule has 0 bridgehead atoms. The molecule has 0 fully saturated rings. The van der Waals surface area contributed by atoms with Crippen LogP contribution in [0.5, 0.6) is 11.5 Å². The van der Waals surface area contributed by atoms with Gasteiger partial charge in [0.1, 0.15) is 12.7 Å². The highest BCUT2D eigenvalue weighted by molar-refractivity contribution is 5.94. The van der Waals surface area contributed by atoms with Crippen molar-refractivity contribution in [3.63, 3.8) is 0 Å². The fraction of sp³-hybridized carbons (Fsp3) is 0.316. The quantitative estimate of drug-likeness (QED) is 0.711. The molecule has 0 aliphatic rings. The number of carbonyl (C=O) groups is 2. The first-order valence-corrected chi connectivity index (χ1v) is 8.19. The molecule has 0 radical (unpaired) electrons. The predicted octanol–water partition coefficient (Wildman–Crippen LogP) is 2.22. The third-order valence-electron chi connectivity index (χ3n) is 3.48. The standard InChI is InChI=1S/C12H16O3.C7H8N2O3/c1-3-12(13)15-9-11(14-2)10-7-5-4-6-8-10;1-12-4-2-3-9-5(6(4)10)7(8)11/h4-8,11H,3,9H2,1-2H3;2-3,10H,1H3,(H2,8,11). The molecule has 3 N–H and O–H groups in total. The van der Waals surface area contributed by atoms with Crippen LogP contribution in [0.4, 0.5) is 0 Å². The van der Waals surface area contributed by atoms with Crippen molar-refractivity contribution in [2.45, 2.75) is 19.4 Å². The summed E-state index contributed by atoms with van der Waals surface area (Å²) in [6, 6.07) is 11.1. The first kappa shape index (κ1) is 21.9. The number of benzene rings is 1. The minimum atomic E-state index is -0.786. The third kappa shape index (κ3) is 6.95. The van der Waals surface area contributed by atoms with E-state index in [2.05, 4.69) is 4.98 Å². The Hall–Kier alpha value is -3.13. The van der Waals surface area contributed by atoms with Crippen LogP contribution in [0.3, 0.4) is 0 Å². The highest BCUT2D eigenvalue weighted by Gasteiger charge is 2.13. The van der Waals surface area contributed by atoms with Gasteiger partial charge in [0.05, 0.1) is 7.11 Å². The number of pyridine rings is 1. The summed E-state index contributed by atoms with van der Waals surface area (Å²) < 4.78 is 15.0. The normalized spacial score (nSPS) is 10.9. The van der Waals surface area contributed by atoms with Gasteiger partial charge in [-0.15, -0.1) is 0 Å². The van der Waals surface area contributed by atoms with Gasteiger partial charge >= 0.3 is 5.97 Å². The molecular formula is C19H24N2O6. The fourth-order valence-electron chi connectivity index (χ4n) is 2.02. The number of nitrogens with zero attached hydrogens (tertiary/aromatic N) is 1. The molecule has 1 aromatic heterocycles. The summed E-state index contributed by atoms with van der Waals surface area (Å²) in [6.07, 6.45) is 1.55. The number of rotatable bonds is 7. The molecule has 0 spiro atoms. The lowest BCUT2D eigenvalue weighted by atomic mass is 10.1. The molecule has 1 atom stereocenters. The Morgan fingerprint density at radius 2 is 1.85 bits per heavy atom. The Balaban J connectivity index is 0.000000277. The van der Waals surface area contributed by atoms with Crippen LogP contribution in [-0.2, 0) is 14.3 Å². The summed E-state index contributed by atoms with van der Waals surface area (Å²) in [5, 5.41) is 9.27. The van der Waals surface area contributed by atoms with Crippen molar-refractivity contribution in [2.75, 3.05) is 20.8 Å². The number of nitrogens with two attached hydrogens (primary N) is 1. The molecule has 2 aromatic rings. The van der Waals surface area contributed by atoms with Gasteiger partial charge in [0.15, 0.2) is 17.2 Å². The SMILES string of the molecule is CCC(=O)OCC(OC)c1ccccc1.COc1ccnc(C(N)=O)c1O. The zero-order chi connectivity index (χ0) is 20.2. The van der Waals surface area contributed by atoms with Crippen molar-refractivity contribution in [3.05, 3.63) is 53.9 Å². The number of hydrogen-bond donors (Lipinski definition) is 2. The van der Waals surface area contributed by atoms with E-state index >= 15 is 0 Å². The largest absolute Gasteiger partial charge is 0.503 e. The smallest absolute Gasteiger partial charge is 0.305 e. The summed E-state index contributed by atoms with van der Waals surface area (Å²) in [5.74, 6) is -1.13. The van der Waals surface area contributed by atoms with Crippen LogP contribution in [-0.4, -0.2) is 42.8 Å². The molecule has 27 heavy (non-hydrogen) atoms. The molecule has 1 amide bonds. The van der Waals surface area contributed by atoms with Crippen LogP contribution in [0.1, 0.15) is 35.5 Å². The zero-order valence-electron chi connectivity index (χ0n) is 15.5. The summed E-state index contributed by atoms with van der Waals surface area (Å²) >= 11 is 0. The number of primary amides is 1. The molecule has 0 aliphatic carbocycles. The molecule has 2 rings (SSSR count). The average molecular weight is 376 g/mol. The average Bonchev–Trinajstić information content (AvgIpc) is 2.69. The molecule has 146 valence electrons. The van der Waals surface area contributed by atoms with Crippen molar-refractivity contribution in [1.29, 1.82) is 0 Å². The van der Waals surface area contributed by atoms with Crippen molar-refractivity contribution >= 4 is 11.9 Å². The number of esters is 1. The number of ether oxygens (including phenoxy) is 3. The van der Waals surface area contributed by atoms with E-state index in [0.717, 1.165) is 5.56 Å². The van der Waals surface area contributed by atoms with E-state index in [1.807, 2.05) is 30.3 Å². The van der Waals surface area contributed by atoms with E-state index < -0.39 is 5.91 Å². The van der Waals surface area contributed by atoms with Crippen molar-refractivity contribution in [3.8, 4) is 11.5 Å². The van der Waals surface area contributed by atoms with Crippen molar-refractivity contribution < 1.29 is 28.9 Å². The molecule has 8 heteroatoms. The van der Waals surface area contributed by atoms with Gasteiger partial charge in [-0.25, -0.2) is 4.98 Å². The van der Waals surface area contributed by atoms with Crippen LogP contribution >= 0.6 is 0 Å². The van der Waals surface area contributed by atoms with Gasteiger partial charge in [-0.3, -0.25) is 9.59 Å². The number of aromatic nitrogens is 1. The lowest BCUT2D eigenvalue weighted by Gasteiger charge is -2.15. The van der Waals surface area contributed by atoms with Gasteiger partial charge in [0.2, 0.25) is 0 Å². The zero-order valence-corrected chi connectivity index (χ0v) is 15.5. The monoisotopic (exact) mass is 376 g/mol. The van der Waals surface area contributed by atoms with Gasteiger partial charge in [-0.05, 0) is 5.56 Å². The number of carbonyl (C=O) groups excluding carboxylic acids is 2. The second kappa shape index (κ2) is 11.5. The Bertz CT molecular complexity index is 736. The van der Waals surface area contributed by atoms with Gasteiger partial charge < -0.3 is 25.1 Å². The van der Waals surface area contributed by atoms with E-state index in [1.165, 1.54) is 19.4 Å². The second-order valence-electron chi connectivity index (χ2n) is 5.25. The highest BCUT2D eigenvalue weighted by atomic mass is 16.6. The van der Waals surface area contributed by atoms with E-state index in [1.54, 1.807) is 14.0 Å². The molecule has 8 nitrogen and oxygen atoms in total. The van der Waals surface area contributed by atoms with Crippen LogP contribution in [0.2, 0.25) is 0 Å². The maximum absolute atomic E-state index is 11.0. The third-order valence-corrected chi connectivity index (χ3v) is 3.48. The molecule has 0 saturated heterocycles. The van der Waals surface area contributed by atoms with Crippen LogP contribution in [0.25, 0.3) is 0 Å². The Labute approximate surface area is 157 Å². The lowest BCUT2D eigenvalue weighted by Crippen LogP contribution is -2.13.